The first-order chi connectivity index (χ1) is 6.54. The summed E-state index contributed by atoms with van der Waals surface area (Å²) in [4.78, 5) is 0. The molecular weight excluding hydrogens is 288 g/mol. The van der Waals surface area contributed by atoms with Gasteiger partial charge in [-0.2, -0.15) is 0 Å². The second kappa shape index (κ2) is 3.65. The number of hydrogen-bond donors (Lipinski definition) is 1. The van der Waals surface area contributed by atoms with Crippen molar-refractivity contribution in [3.63, 3.8) is 0 Å². The normalized spacial score (nSPS) is 44.6. The molecule has 0 radical (unpaired) electrons. The summed E-state index contributed by atoms with van der Waals surface area (Å²) in [7, 11) is 0. The Hall–Kier alpha value is 0.750. The van der Waals surface area contributed by atoms with Crippen LogP contribution in [0.3, 0.4) is 0 Å². The van der Waals surface area contributed by atoms with Gasteiger partial charge in [0.25, 0.3) is 0 Å². The molecule has 14 heavy (non-hydrogen) atoms. The molecule has 3 atom stereocenters. The molecule has 82 valence electrons. The molecule has 0 unspecified atom stereocenters. The van der Waals surface area contributed by atoms with E-state index < -0.39 is 0 Å². The number of aliphatic hydroxyl groups is 1. The minimum atomic E-state index is 0.0212. The molecule has 0 spiro atoms. The van der Waals surface area contributed by atoms with Crippen molar-refractivity contribution in [3.05, 3.63) is 0 Å². The van der Waals surface area contributed by atoms with E-state index in [2.05, 4.69) is 20.8 Å². The molecular formula is C12H22OTe. The average molecular weight is 310 g/mol. The molecule has 2 bridgehead atoms. The maximum absolute atomic E-state index is 10.3. The van der Waals surface area contributed by atoms with Gasteiger partial charge in [-0.1, -0.05) is 0 Å². The second-order valence-corrected chi connectivity index (χ2v) is 9.14. The zero-order valence-electron chi connectivity index (χ0n) is 9.55. The third-order valence-corrected chi connectivity index (χ3v) is 8.17. The predicted molar refractivity (Wildman–Crippen MR) is 60.6 cm³/mol. The topological polar surface area (TPSA) is 20.2 Å². The number of aliphatic hydroxyl groups excluding tert-OH is 1. The molecule has 1 N–H and O–H groups in total. The van der Waals surface area contributed by atoms with E-state index in [0.29, 0.717) is 10.8 Å². The fraction of sp³-hybridized carbons (Fsp3) is 1.00. The van der Waals surface area contributed by atoms with Gasteiger partial charge in [-0.25, -0.2) is 0 Å². The van der Waals surface area contributed by atoms with Gasteiger partial charge in [0, 0.05) is 0 Å². The number of rotatable bonds is 3. The Bertz CT molecular complexity index is 226. The third-order valence-electron chi connectivity index (χ3n) is 4.95. The molecule has 0 amide bonds. The molecule has 0 saturated heterocycles. The minimum absolute atomic E-state index is 0.0212. The van der Waals surface area contributed by atoms with Gasteiger partial charge in [-0.3, -0.25) is 0 Å². The molecule has 0 aliphatic heterocycles. The molecule has 2 heteroatoms. The van der Waals surface area contributed by atoms with E-state index in [9.17, 15) is 5.11 Å². The van der Waals surface area contributed by atoms with E-state index in [1.165, 1.54) is 21.8 Å². The first kappa shape index (κ1) is 11.2. The van der Waals surface area contributed by atoms with Gasteiger partial charge in [-0.05, 0) is 0 Å². The number of hydrogen-bond acceptors (Lipinski definition) is 1. The van der Waals surface area contributed by atoms with Crippen LogP contribution < -0.4 is 0 Å². The molecule has 2 rings (SSSR count). The summed E-state index contributed by atoms with van der Waals surface area (Å²) in [6.07, 6.45) is 3.79. The van der Waals surface area contributed by atoms with E-state index in [-0.39, 0.29) is 27.0 Å². The summed E-state index contributed by atoms with van der Waals surface area (Å²) < 4.78 is 2.76. The fourth-order valence-electron chi connectivity index (χ4n) is 3.66. The van der Waals surface area contributed by atoms with Crippen molar-refractivity contribution in [3.8, 4) is 0 Å². The van der Waals surface area contributed by atoms with Crippen LogP contribution in [0.15, 0.2) is 0 Å². The van der Waals surface area contributed by atoms with Crippen LogP contribution in [0.25, 0.3) is 0 Å². The van der Waals surface area contributed by atoms with Crippen molar-refractivity contribution in [2.75, 3.05) is 0 Å². The van der Waals surface area contributed by atoms with Crippen LogP contribution >= 0.6 is 0 Å². The van der Waals surface area contributed by atoms with Crippen LogP contribution in [0.2, 0.25) is 8.94 Å². The van der Waals surface area contributed by atoms with Gasteiger partial charge in [0.2, 0.25) is 0 Å². The monoisotopic (exact) mass is 312 g/mol. The molecule has 0 aromatic heterocycles. The van der Waals surface area contributed by atoms with Crippen LogP contribution in [0.4, 0.5) is 0 Å². The van der Waals surface area contributed by atoms with Crippen LogP contribution in [-0.4, -0.2) is 32.1 Å². The molecule has 2 aliphatic carbocycles. The summed E-state index contributed by atoms with van der Waals surface area (Å²) in [6, 6.07) is 0. The summed E-state index contributed by atoms with van der Waals surface area (Å²) in [5.74, 6) is 0.807. The van der Waals surface area contributed by atoms with Crippen LogP contribution in [0.1, 0.15) is 40.0 Å². The van der Waals surface area contributed by atoms with Gasteiger partial charge in [-0.15, -0.1) is 0 Å². The van der Waals surface area contributed by atoms with E-state index in [1.54, 1.807) is 0 Å². The van der Waals surface area contributed by atoms with Crippen molar-refractivity contribution in [2.24, 2.45) is 16.7 Å². The predicted octanol–water partition coefficient (Wildman–Crippen LogP) is 2.73. The fourth-order valence-corrected chi connectivity index (χ4v) is 7.31. The Morgan fingerprint density at radius 1 is 1.43 bits per heavy atom. The second-order valence-electron chi connectivity index (χ2n) is 5.50. The van der Waals surface area contributed by atoms with Crippen molar-refractivity contribution < 1.29 is 5.11 Å². The number of fused-ring (bicyclic) bond motifs is 2. The van der Waals surface area contributed by atoms with Crippen LogP contribution in [0, 0.1) is 16.7 Å². The van der Waals surface area contributed by atoms with Gasteiger partial charge >= 0.3 is 97.9 Å². The van der Waals surface area contributed by atoms with Crippen molar-refractivity contribution in [1.82, 2.24) is 0 Å². The Kier molecular flexibility index (Phi) is 2.93. The van der Waals surface area contributed by atoms with Crippen LogP contribution in [-0.2, 0) is 0 Å². The van der Waals surface area contributed by atoms with Gasteiger partial charge < -0.3 is 0 Å². The molecule has 0 aromatic carbocycles. The van der Waals surface area contributed by atoms with Gasteiger partial charge in [0.05, 0.1) is 0 Å². The molecule has 1 nitrogen and oxygen atoms in total. The molecule has 0 aromatic rings. The van der Waals surface area contributed by atoms with Crippen molar-refractivity contribution in [1.29, 1.82) is 0 Å². The van der Waals surface area contributed by atoms with E-state index in [0.717, 1.165) is 12.3 Å². The Balaban J connectivity index is 2.21. The Morgan fingerprint density at radius 3 is 2.57 bits per heavy atom. The van der Waals surface area contributed by atoms with E-state index in [1.807, 2.05) is 0 Å². The van der Waals surface area contributed by atoms with Gasteiger partial charge in [0.1, 0.15) is 0 Å². The summed E-state index contributed by atoms with van der Waals surface area (Å²) in [5.41, 5.74) is 0.752. The first-order valence-corrected chi connectivity index (χ1v) is 9.10. The zero-order chi connectivity index (χ0) is 10.4. The zero-order valence-corrected chi connectivity index (χ0v) is 11.9. The SMILES string of the molecule is CC[Te]C[C@]12CC[C@H](C[C@@H]1O)C2(C)C. The quantitative estimate of drug-likeness (QED) is 0.795. The Labute approximate surface area is 97.7 Å². The van der Waals surface area contributed by atoms with Crippen molar-refractivity contribution in [2.45, 2.75) is 55.1 Å². The summed E-state index contributed by atoms with van der Waals surface area (Å²) in [5, 5.41) is 10.3. The molecule has 2 saturated carbocycles. The first-order valence-electron chi connectivity index (χ1n) is 5.80. The standard InChI is InChI=1S/C12H22OTe/c1-4-14-8-12-6-5-9(7-10(12)13)11(12,2)3/h9-10,13H,4-8H2,1-3H3/t9-,10+,12-/m1/s1. The van der Waals surface area contributed by atoms with E-state index >= 15 is 0 Å². The van der Waals surface area contributed by atoms with Gasteiger partial charge in [0.15, 0.2) is 0 Å². The molecule has 2 fully saturated rings. The molecule has 2 aliphatic rings. The third kappa shape index (κ3) is 1.30. The average Bonchev–Trinajstić information content (AvgIpc) is 2.48. The van der Waals surface area contributed by atoms with Crippen LogP contribution in [0.5, 0.6) is 0 Å². The summed E-state index contributed by atoms with van der Waals surface area (Å²) >= 11 is 0.167. The van der Waals surface area contributed by atoms with Crippen molar-refractivity contribution >= 4 is 20.9 Å². The Morgan fingerprint density at radius 2 is 2.14 bits per heavy atom. The summed E-state index contributed by atoms with van der Waals surface area (Å²) in [6.45, 7) is 7.12. The maximum atomic E-state index is 10.3. The van der Waals surface area contributed by atoms with E-state index in [4.69, 9.17) is 0 Å². The molecule has 0 heterocycles.